The summed E-state index contributed by atoms with van der Waals surface area (Å²) in [5.41, 5.74) is 3.44. The van der Waals surface area contributed by atoms with Gasteiger partial charge in [0.15, 0.2) is 0 Å². The molecule has 3 aromatic rings. The quantitative estimate of drug-likeness (QED) is 0.481. The van der Waals surface area contributed by atoms with Crippen molar-refractivity contribution >= 4 is 34.4 Å². The fourth-order valence-electron chi connectivity index (χ4n) is 4.33. The number of nitrogens with zero attached hydrogens (tertiary/aromatic N) is 3. The molecule has 1 fully saturated rings. The molecular formula is C27H31FN5O2S+. The molecule has 36 heavy (non-hydrogen) atoms. The number of hydrogen-bond donors (Lipinski definition) is 2. The van der Waals surface area contributed by atoms with Crippen LogP contribution in [-0.2, 0) is 11.2 Å². The highest BCUT2D eigenvalue weighted by atomic mass is 32.1. The van der Waals surface area contributed by atoms with Crippen LogP contribution in [0.15, 0.2) is 53.4 Å². The van der Waals surface area contributed by atoms with Gasteiger partial charge in [0.2, 0.25) is 11.6 Å². The number of imidazole rings is 1. The molecule has 0 bridgehead atoms. The number of aromatic nitrogens is 2. The molecule has 188 valence electrons. The van der Waals surface area contributed by atoms with E-state index in [1.165, 1.54) is 12.1 Å². The second kappa shape index (κ2) is 11.0. The highest BCUT2D eigenvalue weighted by Crippen LogP contribution is 2.22. The summed E-state index contributed by atoms with van der Waals surface area (Å²) in [7, 11) is 0. The van der Waals surface area contributed by atoms with E-state index in [1.807, 2.05) is 48.6 Å². The molecule has 3 N–H and O–H groups in total. The maximum Gasteiger partial charge on any atom is 0.272 e. The van der Waals surface area contributed by atoms with Crippen molar-refractivity contribution < 1.29 is 19.4 Å². The van der Waals surface area contributed by atoms with Crippen LogP contribution in [0.4, 0.5) is 4.39 Å². The van der Waals surface area contributed by atoms with Crippen LogP contribution in [-0.4, -0.2) is 63.0 Å². The van der Waals surface area contributed by atoms with E-state index >= 15 is 0 Å². The maximum atomic E-state index is 13.3. The number of aromatic amines is 1. The minimum absolute atomic E-state index is 0.0764. The smallest absolute Gasteiger partial charge is 0.272 e. The zero-order valence-corrected chi connectivity index (χ0v) is 21.5. The van der Waals surface area contributed by atoms with E-state index < -0.39 is 0 Å². The predicted molar refractivity (Wildman–Crippen MR) is 139 cm³/mol. The molecule has 1 aliphatic heterocycles. The third-order valence-corrected chi connectivity index (χ3v) is 7.09. The zero-order chi connectivity index (χ0) is 25.8. The fraction of sp³-hybridized carbons (Fsp3) is 0.333. The van der Waals surface area contributed by atoms with Crippen molar-refractivity contribution in [3.05, 3.63) is 81.8 Å². The highest BCUT2D eigenvalue weighted by molar-refractivity contribution is 7.08. The van der Waals surface area contributed by atoms with Gasteiger partial charge < -0.3 is 14.8 Å². The number of benzene rings is 1. The zero-order valence-electron chi connectivity index (χ0n) is 20.7. The van der Waals surface area contributed by atoms with Gasteiger partial charge in [-0.15, -0.1) is 0 Å². The van der Waals surface area contributed by atoms with Crippen LogP contribution < -0.4 is 5.41 Å². The van der Waals surface area contributed by atoms with E-state index in [-0.39, 0.29) is 29.6 Å². The minimum atomic E-state index is -0.323. The van der Waals surface area contributed by atoms with Crippen molar-refractivity contribution in [2.45, 2.75) is 33.2 Å². The normalized spacial score (nSPS) is 16.5. The van der Waals surface area contributed by atoms with Gasteiger partial charge in [-0.2, -0.15) is 11.3 Å². The first-order valence-electron chi connectivity index (χ1n) is 12.0. The van der Waals surface area contributed by atoms with Crippen molar-refractivity contribution in [1.29, 1.82) is 0 Å². The topological polar surface area (TPSA) is 94.9 Å². The first-order chi connectivity index (χ1) is 17.2. The van der Waals surface area contributed by atoms with Crippen molar-refractivity contribution in [2.24, 2.45) is 5.92 Å². The van der Waals surface area contributed by atoms with Crippen LogP contribution in [0.2, 0.25) is 0 Å². The van der Waals surface area contributed by atoms with Crippen molar-refractivity contribution in [3.63, 3.8) is 0 Å². The van der Waals surface area contributed by atoms with Gasteiger partial charge in [0.1, 0.15) is 17.3 Å². The molecule has 1 saturated heterocycles. The molecule has 1 aliphatic rings. The van der Waals surface area contributed by atoms with Crippen LogP contribution >= 0.6 is 11.3 Å². The molecule has 0 unspecified atom stereocenters. The van der Waals surface area contributed by atoms with Gasteiger partial charge in [0.05, 0.1) is 12.6 Å². The number of rotatable bonds is 7. The lowest BCUT2D eigenvalue weighted by atomic mass is 9.98. The van der Waals surface area contributed by atoms with Gasteiger partial charge >= 0.3 is 0 Å². The molecule has 1 atom stereocenters. The van der Waals surface area contributed by atoms with Gasteiger partial charge in [-0.25, -0.2) is 9.37 Å². The largest absolute Gasteiger partial charge is 0.336 e. The Balaban J connectivity index is 1.43. The number of carbonyl (C=O) groups excluding carboxylic acids is 2. The number of allylic oxidation sites excluding steroid dienone is 2. The SMILES string of the molecule is CC(C)/C(=C/C(=[NH2+])c1ccc(F)cc1)c1ncc(C(=O)N2CCN(C(=O)Cc3ccsc3)[C@@H](C)C2)[nH]1. The molecule has 2 amide bonds. The summed E-state index contributed by atoms with van der Waals surface area (Å²) in [6, 6.07) is 7.88. The third-order valence-electron chi connectivity index (χ3n) is 6.36. The number of nitrogens with one attached hydrogen (secondary N) is 1. The number of nitrogens with two attached hydrogens (primary N) is 1. The lowest BCUT2D eigenvalue weighted by Gasteiger charge is -2.39. The Morgan fingerprint density at radius 3 is 2.64 bits per heavy atom. The number of H-pyrrole nitrogens is 1. The van der Waals surface area contributed by atoms with Crippen molar-refractivity contribution in [3.8, 4) is 0 Å². The first kappa shape index (κ1) is 25.5. The van der Waals surface area contributed by atoms with E-state index in [0.29, 0.717) is 48.8 Å². The predicted octanol–water partition coefficient (Wildman–Crippen LogP) is 2.81. The van der Waals surface area contributed by atoms with Crippen LogP contribution in [0.3, 0.4) is 0 Å². The monoisotopic (exact) mass is 508 g/mol. The Bertz CT molecular complexity index is 1260. The summed E-state index contributed by atoms with van der Waals surface area (Å²) < 4.78 is 13.3. The van der Waals surface area contributed by atoms with E-state index in [0.717, 1.165) is 11.1 Å². The summed E-state index contributed by atoms with van der Waals surface area (Å²) in [5, 5.41) is 10.2. The average molecular weight is 509 g/mol. The molecule has 0 spiro atoms. The minimum Gasteiger partial charge on any atom is -0.336 e. The molecule has 1 aromatic carbocycles. The molecular weight excluding hydrogens is 477 g/mol. The van der Waals surface area contributed by atoms with Crippen LogP contribution in [0.25, 0.3) is 5.57 Å². The van der Waals surface area contributed by atoms with E-state index in [9.17, 15) is 14.0 Å². The Labute approximate surface area is 214 Å². The Morgan fingerprint density at radius 1 is 1.25 bits per heavy atom. The van der Waals surface area contributed by atoms with Crippen LogP contribution in [0, 0.1) is 11.7 Å². The van der Waals surface area contributed by atoms with Gasteiger partial charge in [0.25, 0.3) is 5.91 Å². The second-order valence-electron chi connectivity index (χ2n) is 9.36. The molecule has 0 saturated carbocycles. The number of amides is 2. The first-order valence-corrected chi connectivity index (χ1v) is 12.9. The van der Waals surface area contributed by atoms with Gasteiger partial charge in [0, 0.05) is 42.9 Å². The average Bonchev–Trinajstić information content (AvgIpc) is 3.54. The molecule has 2 aromatic heterocycles. The van der Waals surface area contributed by atoms with Crippen LogP contribution in [0.5, 0.6) is 0 Å². The van der Waals surface area contributed by atoms with Gasteiger partial charge in [-0.05, 0) is 59.5 Å². The Morgan fingerprint density at radius 2 is 2.00 bits per heavy atom. The molecule has 7 nitrogen and oxygen atoms in total. The lowest BCUT2D eigenvalue weighted by molar-refractivity contribution is -0.134. The van der Waals surface area contributed by atoms with Gasteiger partial charge in [-0.1, -0.05) is 13.8 Å². The highest BCUT2D eigenvalue weighted by Gasteiger charge is 2.31. The summed E-state index contributed by atoms with van der Waals surface area (Å²) in [6.45, 7) is 7.42. The summed E-state index contributed by atoms with van der Waals surface area (Å²) in [4.78, 5) is 37.2. The molecule has 0 radical (unpaired) electrons. The van der Waals surface area contributed by atoms with Crippen molar-refractivity contribution in [2.75, 3.05) is 19.6 Å². The van der Waals surface area contributed by atoms with E-state index in [4.69, 9.17) is 5.41 Å². The maximum absolute atomic E-state index is 13.3. The third kappa shape index (κ3) is 5.79. The van der Waals surface area contributed by atoms with Gasteiger partial charge in [-0.3, -0.25) is 15.0 Å². The standard InChI is InChI=1S/C27H30FN5O2S/c1-17(2)22(13-23(29)20-4-6-21(28)7-5-20)26-30-14-24(31-26)27(35)32-9-10-33(18(3)15-32)25(34)12-19-8-11-36-16-19/h4-8,11,13-14,16-18,29H,9-10,12,15H2,1-3H3,(H,30,31)/p+1/b22-13-,29-23?/t18-/m0/s1. The Hall–Kier alpha value is -3.59. The fourth-order valence-corrected chi connectivity index (χ4v) is 5.00. The molecule has 0 aliphatic carbocycles. The molecule has 9 heteroatoms. The molecule has 4 rings (SSSR count). The van der Waals surface area contributed by atoms with Crippen molar-refractivity contribution in [1.82, 2.24) is 19.8 Å². The summed E-state index contributed by atoms with van der Waals surface area (Å²) in [5.74, 6) is 0.255. The number of carbonyl (C=O) groups is 2. The summed E-state index contributed by atoms with van der Waals surface area (Å²) in [6.07, 6.45) is 3.74. The number of thiophene rings is 1. The van der Waals surface area contributed by atoms with Crippen LogP contribution in [0.1, 0.15) is 48.2 Å². The van der Waals surface area contributed by atoms with E-state index in [1.54, 1.807) is 34.6 Å². The van der Waals surface area contributed by atoms with E-state index in [2.05, 4.69) is 9.97 Å². The number of halogens is 1. The summed E-state index contributed by atoms with van der Waals surface area (Å²) >= 11 is 1.58. The lowest BCUT2D eigenvalue weighted by Crippen LogP contribution is -2.55. The second-order valence-corrected chi connectivity index (χ2v) is 10.1. The number of piperazine rings is 1. The Kier molecular flexibility index (Phi) is 7.79. The molecule has 3 heterocycles. The number of hydrogen-bond acceptors (Lipinski definition) is 4.